The van der Waals surface area contributed by atoms with Gasteiger partial charge >= 0.3 is 0 Å². The lowest BCUT2D eigenvalue weighted by molar-refractivity contribution is -0.123. The van der Waals surface area contributed by atoms with Gasteiger partial charge in [-0.05, 0) is 43.7 Å². The molecule has 4 unspecified atom stereocenters. The van der Waals surface area contributed by atoms with E-state index in [-0.39, 0.29) is 35.5 Å². The van der Waals surface area contributed by atoms with Crippen LogP contribution in [0.1, 0.15) is 23.4 Å². The molecule has 1 aliphatic heterocycles. The van der Waals surface area contributed by atoms with Crippen LogP contribution in [0.25, 0.3) is 0 Å². The van der Waals surface area contributed by atoms with Gasteiger partial charge in [0.25, 0.3) is 0 Å². The van der Waals surface area contributed by atoms with Crippen LogP contribution >= 0.6 is 11.6 Å². The van der Waals surface area contributed by atoms with Crippen LogP contribution in [0.4, 0.5) is 5.69 Å². The van der Waals surface area contributed by atoms with Crippen molar-refractivity contribution in [3.8, 4) is 0 Å². The molecule has 6 heteroatoms. The van der Waals surface area contributed by atoms with Gasteiger partial charge in [0.05, 0.1) is 35.5 Å². The summed E-state index contributed by atoms with van der Waals surface area (Å²) >= 11 is 6.28. The number of benzene rings is 1. The molecule has 0 N–H and O–H groups in total. The molecule has 2 heterocycles. The van der Waals surface area contributed by atoms with Crippen LogP contribution in [0.5, 0.6) is 0 Å². The number of imide groups is 1. The first-order valence-corrected chi connectivity index (χ1v) is 9.68. The minimum atomic E-state index is -0.196. The number of allylic oxidation sites excluding steroid dienone is 2. The minimum Gasteiger partial charge on any atom is -0.274 e. The second kappa shape index (κ2) is 5.80. The van der Waals surface area contributed by atoms with Gasteiger partial charge in [0.1, 0.15) is 0 Å². The van der Waals surface area contributed by atoms with Gasteiger partial charge in [-0.25, -0.2) is 4.90 Å². The number of nitrogens with zero attached hydrogens (tertiary/aromatic N) is 3. The maximum absolute atomic E-state index is 13.1. The highest BCUT2D eigenvalue weighted by molar-refractivity contribution is 6.31. The molecule has 138 valence electrons. The molecule has 0 radical (unpaired) electrons. The second-order valence-corrected chi connectivity index (χ2v) is 8.19. The van der Waals surface area contributed by atoms with Crippen LogP contribution in [0, 0.1) is 37.5 Å². The number of halogens is 1. The highest BCUT2D eigenvalue weighted by atomic mass is 35.5. The molecule has 2 aliphatic carbocycles. The van der Waals surface area contributed by atoms with Crippen LogP contribution in [0.2, 0.25) is 5.02 Å². The molecular weight excluding hydrogens is 362 g/mol. The number of hydrogen-bond acceptors (Lipinski definition) is 3. The third-order valence-corrected chi connectivity index (χ3v) is 6.68. The molecule has 1 saturated heterocycles. The van der Waals surface area contributed by atoms with E-state index in [4.69, 9.17) is 11.6 Å². The standard InChI is InChI=1S/C21H20ClN3O2/c1-11-19(12(2)24(23-11)10-15-5-3-4-6-16(15)22)25-20(26)17-13-7-8-14(9-13)18(17)21(25)27/h3-8,13-14,17-18H,9-10H2,1-2H3. The van der Waals surface area contributed by atoms with Gasteiger partial charge in [0, 0.05) is 5.02 Å². The number of aryl methyl sites for hydroxylation is 1. The van der Waals surface area contributed by atoms with Gasteiger partial charge < -0.3 is 0 Å². The molecule has 3 aliphatic rings. The van der Waals surface area contributed by atoms with E-state index in [2.05, 4.69) is 17.3 Å². The fourth-order valence-corrected chi connectivity index (χ4v) is 5.27. The van der Waals surface area contributed by atoms with E-state index in [1.807, 2.05) is 42.8 Å². The molecule has 1 aromatic heterocycles. The normalized spacial score (nSPS) is 28.5. The largest absolute Gasteiger partial charge is 0.274 e. The van der Waals surface area contributed by atoms with Crippen LogP contribution in [0.15, 0.2) is 36.4 Å². The Hall–Kier alpha value is -2.40. The summed E-state index contributed by atoms with van der Waals surface area (Å²) in [6.07, 6.45) is 5.16. The quantitative estimate of drug-likeness (QED) is 0.604. The van der Waals surface area contributed by atoms with Gasteiger partial charge in [-0.1, -0.05) is 42.0 Å². The Morgan fingerprint density at radius 3 is 2.33 bits per heavy atom. The third-order valence-electron chi connectivity index (χ3n) is 6.32. The number of amides is 2. The van der Waals surface area contributed by atoms with Crippen LogP contribution in [-0.4, -0.2) is 21.6 Å². The van der Waals surface area contributed by atoms with E-state index in [1.54, 1.807) is 0 Å². The van der Waals surface area contributed by atoms with Gasteiger partial charge in [0.15, 0.2) is 0 Å². The second-order valence-electron chi connectivity index (χ2n) is 7.78. The predicted molar refractivity (Wildman–Crippen MR) is 102 cm³/mol. The number of anilines is 1. The van der Waals surface area contributed by atoms with Gasteiger partial charge in [-0.3, -0.25) is 14.3 Å². The minimum absolute atomic E-state index is 0.0645. The molecule has 0 spiro atoms. The van der Waals surface area contributed by atoms with Crippen LogP contribution in [0.3, 0.4) is 0 Å². The molecule has 2 amide bonds. The number of rotatable bonds is 3. The van der Waals surface area contributed by atoms with Crippen molar-refractivity contribution in [2.75, 3.05) is 4.90 Å². The first-order valence-electron chi connectivity index (χ1n) is 9.31. The summed E-state index contributed by atoms with van der Waals surface area (Å²) in [6.45, 7) is 4.27. The topological polar surface area (TPSA) is 55.2 Å². The molecule has 5 nitrogen and oxygen atoms in total. The van der Waals surface area contributed by atoms with Crippen molar-refractivity contribution in [1.29, 1.82) is 0 Å². The van der Waals surface area contributed by atoms with Crippen molar-refractivity contribution in [3.63, 3.8) is 0 Å². The van der Waals surface area contributed by atoms with E-state index >= 15 is 0 Å². The zero-order valence-corrected chi connectivity index (χ0v) is 16.0. The predicted octanol–water partition coefficient (Wildman–Crippen LogP) is 3.51. The highest BCUT2D eigenvalue weighted by Gasteiger charge is 2.60. The van der Waals surface area contributed by atoms with Crippen molar-refractivity contribution >= 4 is 29.1 Å². The maximum Gasteiger partial charge on any atom is 0.238 e. The smallest absolute Gasteiger partial charge is 0.238 e. The Morgan fingerprint density at radius 1 is 1.07 bits per heavy atom. The number of carbonyl (C=O) groups is 2. The lowest BCUT2D eigenvalue weighted by Crippen LogP contribution is -2.33. The van der Waals surface area contributed by atoms with E-state index in [0.717, 1.165) is 17.7 Å². The summed E-state index contributed by atoms with van der Waals surface area (Å²) in [6, 6.07) is 7.63. The average Bonchev–Trinajstić information content (AvgIpc) is 3.37. The van der Waals surface area contributed by atoms with Crippen molar-refractivity contribution in [3.05, 3.63) is 58.4 Å². The Balaban J connectivity index is 1.52. The maximum atomic E-state index is 13.1. The van der Waals surface area contributed by atoms with Gasteiger partial charge in [-0.2, -0.15) is 5.10 Å². The summed E-state index contributed by atoms with van der Waals surface area (Å²) in [7, 11) is 0. The molecule has 5 rings (SSSR count). The van der Waals surface area contributed by atoms with E-state index < -0.39 is 0 Å². The lowest BCUT2D eigenvalue weighted by atomic mass is 9.85. The van der Waals surface area contributed by atoms with Gasteiger partial charge in [0.2, 0.25) is 11.8 Å². The molecule has 27 heavy (non-hydrogen) atoms. The Morgan fingerprint density at radius 2 is 1.70 bits per heavy atom. The fourth-order valence-electron chi connectivity index (χ4n) is 5.08. The molecule has 1 aromatic carbocycles. The van der Waals surface area contributed by atoms with Crippen molar-refractivity contribution in [1.82, 2.24) is 9.78 Å². The molecule has 2 fully saturated rings. The van der Waals surface area contributed by atoms with Crippen LogP contribution in [-0.2, 0) is 16.1 Å². The monoisotopic (exact) mass is 381 g/mol. The highest BCUT2D eigenvalue weighted by Crippen LogP contribution is 2.53. The summed E-state index contributed by atoms with van der Waals surface area (Å²) in [5.74, 6) is -0.104. The third kappa shape index (κ3) is 2.27. The van der Waals surface area contributed by atoms with Crippen molar-refractivity contribution in [2.45, 2.75) is 26.8 Å². The van der Waals surface area contributed by atoms with Crippen molar-refractivity contribution < 1.29 is 9.59 Å². The molecule has 2 aromatic rings. The number of aromatic nitrogens is 2. The molecule has 4 atom stereocenters. The molecular formula is C21H20ClN3O2. The van der Waals surface area contributed by atoms with E-state index in [9.17, 15) is 9.59 Å². The molecule has 1 saturated carbocycles. The SMILES string of the molecule is Cc1nn(Cc2ccccc2Cl)c(C)c1N1C(=O)C2C3C=CC(C3)C2C1=O. The summed E-state index contributed by atoms with van der Waals surface area (Å²) in [5.41, 5.74) is 3.11. The zero-order valence-electron chi connectivity index (χ0n) is 15.2. The Kier molecular flexibility index (Phi) is 3.60. The zero-order chi connectivity index (χ0) is 18.9. The van der Waals surface area contributed by atoms with Crippen LogP contribution < -0.4 is 4.90 Å². The lowest BCUT2D eigenvalue weighted by Gasteiger charge is -2.18. The van der Waals surface area contributed by atoms with E-state index in [0.29, 0.717) is 22.9 Å². The summed E-state index contributed by atoms with van der Waals surface area (Å²) in [5, 5.41) is 5.28. The Labute approximate surface area is 162 Å². The number of fused-ring (bicyclic) bond motifs is 5. The average molecular weight is 382 g/mol. The molecule has 2 bridgehead atoms. The first kappa shape index (κ1) is 16.8. The Bertz CT molecular complexity index is 979. The summed E-state index contributed by atoms with van der Waals surface area (Å²) in [4.78, 5) is 27.7. The van der Waals surface area contributed by atoms with Gasteiger partial charge in [-0.15, -0.1) is 0 Å². The number of carbonyl (C=O) groups excluding carboxylic acids is 2. The summed E-state index contributed by atoms with van der Waals surface area (Å²) < 4.78 is 1.83. The first-order chi connectivity index (χ1) is 13.0. The van der Waals surface area contributed by atoms with E-state index in [1.165, 1.54) is 4.90 Å². The van der Waals surface area contributed by atoms with Crippen molar-refractivity contribution in [2.24, 2.45) is 23.7 Å². The fraction of sp³-hybridized carbons (Fsp3) is 0.381. The number of hydrogen-bond donors (Lipinski definition) is 0.